The molecule has 3 rings (SSSR count). The van der Waals surface area contributed by atoms with Crippen molar-refractivity contribution in [3.63, 3.8) is 0 Å². The van der Waals surface area contributed by atoms with Gasteiger partial charge in [0.2, 0.25) is 10.0 Å². The predicted molar refractivity (Wildman–Crippen MR) is 82.8 cm³/mol. The third kappa shape index (κ3) is 2.37. The van der Waals surface area contributed by atoms with Crippen molar-refractivity contribution in [3.8, 4) is 5.75 Å². The van der Waals surface area contributed by atoms with Gasteiger partial charge in [-0.1, -0.05) is 17.8 Å². The van der Waals surface area contributed by atoms with E-state index in [1.165, 1.54) is 30.2 Å². The van der Waals surface area contributed by atoms with E-state index >= 15 is 0 Å². The summed E-state index contributed by atoms with van der Waals surface area (Å²) in [5.41, 5.74) is 1.49. The highest BCUT2D eigenvalue weighted by Gasteiger charge is 2.26. The van der Waals surface area contributed by atoms with Crippen LogP contribution < -0.4 is 5.32 Å². The lowest BCUT2D eigenvalue weighted by atomic mass is 10.2. The van der Waals surface area contributed by atoms with Crippen LogP contribution >= 0.6 is 11.8 Å². The molecule has 0 saturated heterocycles. The Labute approximate surface area is 127 Å². The number of rotatable bonds is 2. The van der Waals surface area contributed by atoms with Gasteiger partial charge in [-0.15, -0.1) is 0 Å². The molecule has 0 radical (unpaired) electrons. The van der Waals surface area contributed by atoms with Gasteiger partial charge in [-0.25, -0.2) is 12.7 Å². The second-order valence-electron chi connectivity index (χ2n) is 4.83. The molecule has 1 aliphatic heterocycles. The van der Waals surface area contributed by atoms with Crippen LogP contribution in [-0.4, -0.2) is 31.9 Å². The van der Waals surface area contributed by atoms with E-state index in [2.05, 4.69) is 5.32 Å². The molecule has 1 heterocycles. The molecule has 0 unspecified atom stereocenters. The molecular formula is C14H14N2O3S2. The van der Waals surface area contributed by atoms with Crippen LogP contribution in [0.15, 0.2) is 51.1 Å². The van der Waals surface area contributed by atoms with E-state index in [1.807, 2.05) is 6.07 Å². The molecular weight excluding hydrogens is 308 g/mol. The molecule has 0 aromatic heterocycles. The van der Waals surface area contributed by atoms with Crippen LogP contribution in [-0.2, 0) is 10.0 Å². The van der Waals surface area contributed by atoms with Gasteiger partial charge < -0.3 is 10.4 Å². The van der Waals surface area contributed by atoms with Gasteiger partial charge in [0.25, 0.3) is 0 Å². The highest BCUT2D eigenvalue weighted by atomic mass is 32.2. The molecule has 2 aromatic rings. The number of anilines is 2. The average molecular weight is 322 g/mol. The second kappa shape index (κ2) is 4.94. The maximum Gasteiger partial charge on any atom is 0.243 e. The first kappa shape index (κ1) is 14.2. The number of aromatic hydroxyl groups is 1. The van der Waals surface area contributed by atoms with E-state index < -0.39 is 10.0 Å². The molecule has 2 N–H and O–H groups in total. The summed E-state index contributed by atoms with van der Waals surface area (Å²) in [5.74, 6) is 0.169. The average Bonchev–Trinajstić information content (AvgIpc) is 2.44. The monoisotopic (exact) mass is 322 g/mol. The zero-order chi connectivity index (χ0) is 15.2. The summed E-state index contributed by atoms with van der Waals surface area (Å²) in [5, 5.41) is 12.7. The van der Waals surface area contributed by atoms with Crippen molar-refractivity contribution < 1.29 is 13.5 Å². The number of nitrogens with zero attached hydrogens (tertiary/aromatic N) is 1. The summed E-state index contributed by atoms with van der Waals surface area (Å²) in [6.07, 6.45) is 0. The molecule has 0 saturated carbocycles. The zero-order valence-corrected chi connectivity index (χ0v) is 13.1. The van der Waals surface area contributed by atoms with Crippen LogP contribution in [0.3, 0.4) is 0 Å². The van der Waals surface area contributed by atoms with Gasteiger partial charge >= 0.3 is 0 Å². The van der Waals surface area contributed by atoms with Gasteiger partial charge in [0.1, 0.15) is 5.75 Å². The van der Waals surface area contributed by atoms with Crippen molar-refractivity contribution in [2.24, 2.45) is 0 Å². The molecule has 110 valence electrons. The Hall–Kier alpha value is -1.70. The van der Waals surface area contributed by atoms with Gasteiger partial charge in [0, 0.05) is 25.1 Å². The summed E-state index contributed by atoms with van der Waals surface area (Å²) in [4.78, 5) is 1.83. The molecule has 0 atom stereocenters. The van der Waals surface area contributed by atoms with Crippen molar-refractivity contribution in [3.05, 3.63) is 36.4 Å². The van der Waals surface area contributed by atoms with E-state index in [4.69, 9.17) is 0 Å². The SMILES string of the molecule is CN(C)S(=O)(=O)c1cccc2c1Sc1ccc(O)cc1N2. The van der Waals surface area contributed by atoms with Crippen molar-refractivity contribution >= 4 is 33.2 Å². The predicted octanol–water partition coefficient (Wildman–Crippen LogP) is 2.85. The highest BCUT2D eigenvalue weighted by Crippen LogP contribution is 2.47. The van der Waals surface area contributed by atoms with Crippen LogP contribution in [0.4, 0.5) is 11.4 Å². The minimum atomic E-state index is -3.51. The van der Waals surface area contributed by atoms with Gasteiger partial charge in [0.15, 0.2) is 0 Å². The minimum Gasteiger partial charge on any atom is -0.508 e. The lowest BCUT2D eigenvalue weighted by Crippen LogP contribution is -2.23. The number of phenols is 1. The summed E-state index contributed by atoms with van der Waals surface area (Å²) in [7, 11) is -0.475. The van der Waals surface area contributed by atoms with Crippen molar-refractivity contribution in [2.75, 3.05) is 19.4 Å². The number of hydrogen-bond donors (Lipinski definition) is 2. The van der Waals surface area contributed by atoms with Gasteiger partial charge in [-0.2, -0.15) is 0 Å². The van der Waals surface area contributed by atoms with Crippen LogP contribution in [0.25, 0.3) is 0 Å². The number of nitrogens with one attached hydrogen (secondary N) is 1. The van der Waals surface area contributed by atoms with Gasteiger partial charge in [0.05, 0.1) is 21.2 Å². The molecule has 5 nitrogen and oxygen atoms in total. The summed E-state index contributed by atoms with van der Waals surface area (Å²) >= 11 is 1.38. The standard InChI is InChI=1S/C14H14N2O3S2/c1-16(2)21(18,19)13-5-3-4-10-14(13)20-12-7-6-9(17)8-11(12)15-10/h3-8,15,17H,1-2H3. The number of fused-ring (bicyclic) bond motifs is 2. The number of hydrogen-bond acceptors (Lipinski definition) is 5. The van der Waals surface area contributed by atoms with Crippen LogP contribution in [0.1, 0.15) is 0 Å². The first-order valence-electron chi connectivity index (χ1n) is 6.23. The molecule has 7 heteroatoms. The lowest BCUT2D eigenvalue weighted by molar-refractivity contribution is 0.475. The Morgan fingerprint density at radius 1 is 1.14 bits per heavy atom. The Kier molecular flexibility index (Phi) is 3.35. The van der Waals surface area contributed by atoms with Crippen molar-refractivity contribution in [2.45, 2.75) is 14.7 Å². The third-order valence-corrected chi connectivity index (χ3v) is 6.39. The van der Waals surface area contributed by atoms with E-state index in [-0.39, 0.29) is 10.6 Å². The van der Waals surface area contributed by atoms with E-state index in [0.717, 1.165) is 16.3 Å². The van der Waals surface area contributed by atoms with Gasteiger partial charge in [-0.05, 0) is 24.3 Å². The topological polar surface area (TPSA) is 69.6 Å². The highest BCUT2D eigenvalue weighted by molar-refractivity contribution is 8.00. The fourth-order valence-corrected chi connectivity index (χ4v) is 4.48. The van der Waals surface area contributed by atoms with E-state index in [9.17, 15) is 13.5 Å². The smallest absolute Gasteiger partial charge is 0.243 e. The Bertz CT molecular complexity index is 817. The number of sulfonamides is 1. The first-order valence-corrected chi connectivity index (χ1v) is 8.48. The maximum absolute atomic E-state index is 12.4. The molecule has 0 aliphatic carbocycles. The maximum atomic E-state index is 12.4. The van der Waals surface area contributed by atoms with Crippen LogP contribution in [0, 0.1) is 0 Å². The van der Waals surface area contributed by atoms with Crippen molar-refractivity contribution in [1.29, 1.82) is 0 Å². The normalized spacial score (nSPS) is 13.5. The summed E-state index contributed by atoms with van der Waals surface area (Å²) < 4.78 is 26.0. The fraction of sp³-hybridized carbons (Fsp3) is 0.143. The Morgan fingerprint density at radius 3 is 2.62 bits per heavy atom. The van der Waals surface area contributed by atoms with Crippen LogP contribution in [0.2, 0.25) is 0 Å². The quantitative estimate of drug-likeness (QED) is 0.759. The molecule has 0 bridgehead atoms. The third-order valence-electron chi connectivity index (χ3n) is 3.18. The molecule has 2 aromatic carbocycles. The first-order chi connectivity index (χ1) is 9.89. The van der Waals surface area contributed by atoms with E-state index in [0.29, 0.717) is 4.90 Å². The number of phenolic OH excluding ortho intramolecular Hbond substituents is 1. The molecule has 0 spiro atoms. The van der Waals surface area contributed by atoms with Crippen LogP contribution in [0.5, 0.6) is 5.75 Å². The second-order valence-corrected chi connectivity index (χ2v) is 8.00. The zero-order valence-electron chi connectivity index (χ0n) is 11.5. The summed E-state index contributed by atoms with van der Waals surface area (Å²) in [6, 6.07) is 10.1. The Balaban J connectivity index is 2.15. The molecule has 0 fully saturated rings. The fourth-order valence-electron chi connectivity index (χ4n) is 2.08. The number of benzene rings is 2. The minimum absolute atomic E-state index is 0.169. The molecule has 0 amide bonds. The summed E-state index contributed by atoms with van der Waals surface area (Å²) in [6.45, 7) is 0. The van der Waals surface area contributed by atoms with Crippen molar-refractivity contribution in [1.82, 2.24) is 4.31 Å². The molecule has 21 heavy (non-hydrogen) atoms. The molecule has 1 aliphatic rings. The lowest BCUT2D eigenvalue weighted by Gasteiger charge is -2.24. The van der Waals surface area contributed by atoms with E-state index in [1.54, 1.807) is 30.3 Å². The Morgan fingerprint density at radius 2 is 1.90 bits per heavy atom. The largest absolute Gasteiger partial charge is 0.508 e. The van der Waals surface area contributed by atoms with Gasteiger partial charge in [-0.3, -0.25) is 0 Å².